The molecular weight excluding hydrogens is 658 g/mol. The summed E-state index contributed by atoms with van der Waals surface area (Å²) < 4.78 is 6.30. The molecule has 1 heterocycles. The van der Waals surface area contributed by atoms with E-state index in [0.717, 1.165) is 51.4 Å². The Morgan fingerprint density at radius 3 is 2.12 bits per heavy atom. The van der Waals surface area contributed by atoms with Crippen LogP contribution in [-0.4, -0.2) is 109 Å². The molecule has 1 aliphatic carbocycles. The lowest BCUT2D eigenvalue weighted by Crippen LogP contribution is -2.62. The average Bonchev–Trinajstić information content (AvgIpc) is 3.37. The van der Waals surface area contributed by atoms with Crippen molar-refractivity contribution in [2.24, 2.45) is 23.5 Å². The van der Waals surface area contributed by atoms with Crippen molar-refractivity contribution in [2.45, 2.75) is 148 Å². The summed E-state index contributed by atoms with van der Waals surface area (Å²) in [7, 11) is 1.62. The smallest absolute Gasteiger partial charge is 0.404 e. The zero-order valence-corrected chi connectivity index (χ0v) is 31.6. The average molecular weight is 724 g/mol. The van der Waals surface area contributed by atoms with E-state index in [2.05, 4.69) is 33.5 Å². The van der Waals surface area contributed by atoms with Crippen LogP contribution in [0.4, 0.5) is 4.79 Å². The molecule has 0 spiro atoms. The predicted molar refractivity (Wildman–Crippen MR) is 193 cm³/mol. The summed E-state index contributed by atoms with van der Waals surface area (Å²) in [6, 6.07) is -5.06. The highest BCUT2D eigenvalue weighted by Crippen LogP contribution is 2.27. The lowest BCUT2D eigenvalue weighted by atomic mass is 9.90. The number of ether oxygens (including phenoxy) is 1. The van der Waals surface area contributed by atoms with Crippen molar-refractivity contribution in [1.29, 1.82) is 0 Å². The SMILES string of the molecule is CCCCCC[C@H]1OC[C@@H](C)NC(=O)[C@H](CNC(=O)O)NC(=O)[C@H](CN)NC(=O)[C@H](C2CCCCCC2)NC(=O)[C@H](CC(C)C)N(C)C(=O)[C@@H]1C. The molecule has 51 heavy (non-hydrogen) atoms. The maximum Gasteiger partial charge on any atom is 0.404 e. The number of nitrogens with one attached hydrogen (secondary N) is 5. The van der Waals surface area contributed by atoms with Crippen molar-refractivity contribution < 1.29 is 38.6 Å². The molecule has 292 valence electrons. The van der Waals surface area contributed by atoms with Gasteiger partial charge in [-0.1, -0.05) is 79.1 Å². The molecule has 0 unspecified atom stereocenters. The first-order valence-corrected chi connectivity index (χ1v) is 19.0. The normalized spacial score (nSPS) is 28.7. The number of likely N-dealkylation sites (N-methyl/N-ethyl adjacent to an activating group) is 1. The summed E-state index contributed by atoms with van der Waals surface area (Å²) in [4.78, 5) is 82.0. The second kappa shape index (κ2) is 22.5. The van der Waals surface area contributed by atoms with Crippen molar-refractivity contribution >= 4 is 35.6 Å². The van der Waals surface area contributed by atoms with Gasteiger partial charge in [-0.3, -0.25) is 24.0 Å². The van der Waals surface area contributed by atoms with Crippen LogP contribution in [0.1, 0.15) is 112 Å². The standard InChI is InChI=1S/C36H65N7O8/c1-7-8-9-14-17-29-24(5)35(48)43(6)28(18-22(2)3)33(46)42-30(25-15-12-10-11-13-16-25)34(47)40-26(19-37)31(44)41-27(20-38-36(49)50)32(45)39-23(4)21-51-29/h22-30,38H,7-21,37H2,1-6H3,(H,39,45)(H,40,47)(H,41,44)(H,42,46)(H,49,50)/t23-,24-,26+,27+,28+,29-,30+/m1/s1. The number of carbonyl (C=O) groups excluding carboxylic acids is 5. The summed E-state index contributed by atoms with van der Waals surface area (Å²) in [5.41, 5.74) is 5.95. The number of hydrogen-bond donors (Lipinski definition) is 7. The molecule has 0 radical (unpaired) electrons. The fraction of sp³-hybridized carbons (Fsp3) is 0.833. The van der Waals surface area contributed by atoms with E-state index in [-0.39, 0.29) is 30.9 Å². The quantitative estimate of drug-likeness (QED) is 0.122. The van der Waals surface area contributed by atoms with Crippen LogP contribution in [0.3, 0.4) is 0 Å². The zero-order valence-electron chi connectivity index (χ0n) is 31.6. The van der Waals surface area contributed by atoms with Gasteiger partial charge in [0.25, 0.3) is 0 Å². The molecule has 6 amide bonds. The maximum absolute atomic E-state index is 14.2. The molecular formula is C36H65N7O8. The van der Waals surface area contributed by atoms with Crippen molar-refractivity contribution in [1.82, 2.24) is 31.5 Å². The van der Waals surface area contributed by atoms with Gasteiger partial charge in [0.2, 0.25) is 29.5 Å². The maximum atomic E-state index is 14.2. The van der Waals surface area contributed by atoms with Crippen molar-refractivity contribution in [3.05, 3.63) is 0 Å². The summed E-state index contributed by atoms with van der Waals surface area (Å²) >= 11 is 0. The Kier molecular flexibility index (Phi) is 19.3. The van der Waals surface area contributed by atoms with E-state index in [1.807, 2.05) is 13.8 Å². The number of nitrogens with zero attached hydrogens (tertiary/aromatic N) is 1. The Hall–Kier alpha value is -3.46. The second-order valence-electron chi connectivity index (χ2n) is 14.8. The third-order valence-electron chi connectivity index (χ3n) is 9.96. The summed E-state index contributed by atoms with van der Waals surface area (Å²) in [5, 5.41) is 22.3. The van der Waals surface area contributed by atoms with Gasteiger partial charge < -0.3 is 47.1 Å². The number of amides is 6. The van der Waals surface area contributed by atoms with Crippen molar-refractivity contribution in [3.63, 3.8) is 0 Å². The number of carbonyl (C=O) groups is 6. The monoisotopic (exact) mass is 723 g/mol. The molecule has 15 heteroatoms. The highest BCUT2D eigenvalue weighted by atomic mass is 16.5. The number of unbranched alkanes of at least 4 members (excludes halogenated alkanes) is 3. The van der Waals surface area contributed by atoms with E-state index >= 15 is 0 Å². The first kappa shape index (κ1) is 43.7. The summed E-state index contributed by atoms with van der Waals surface area (Å²) in [6.07, 6.45) is 8.07. The van der Waals surface area contributed by atoms with Crippen LogP contribution < -0.4 is 32.3 Å². The fourth-order valence-corrected chi connectivity index (χ4v) is 6.88. The molecule has 2 fully saturated rings. The van der Waals surface area contributed by atoms with Gasteiger partial charge in [-0.15, -0.1) is 0 Å². The lowest BCUT2D eigenvalue weighted by Gasteiger charge is -2.35. The Balaban J connectivity index is 2.58. The Labute approximate surface area is 303 Å². The van der Waals surface area contributed by atoms with E-state index in [1.165, 1.54) is 4.90 Å². The Bertz CT molecular complexity index is 1150. The molecule has 2 rings (SSSR count). The van der Waals surface area contributed by atoms with Gasteiger partial charge >= 0.3 is 6.09 Å². The van der Waals surface area contributed by atoms with Crippen LogP contribution in [0.5, 0.6) is 0 Å². The molecule has 0 aromatic carbocycles. The van der Waals surface area contributed by atoms with E-state index < -0.39 is 78.5 Å². The lowest BCUT2D eigenvalue weighted by molar-refractivity contribution is -0.147. The summed E-state index contributed by atoms with van der Waals surface area (Å²) in [6.45, 7) is 8.82. The zero-order chi connectivity index (χ0) is 38.1. The molecule has 8 N–H and O–H groups in total. The number of carboxylic acid groups (broad SMARTS) is 1. The van der Waals surface area contributed by atoms with Crippen LogP contribution >= 0.6 is 0 Å². The number of rotatable bonds is 11. The van der Waals surface area contributed by atoms with Gasteiger partial charge in [0, 0.05) is 19.6 Å². The minimum atomic E-state index is -1.39. The van der Waals surface area contributed by atoms with Crippen LogP contribution in [-0.2, 0) is 28.7 Å². The van der Waals surface area contributed by atoms with Gasteiger partial charge in [0.15, 0.2) is 0 Å². The van der Waals surface area contributed by atoms with E-state index in [9.17, 15) is 33.9 Å². The molecule has 15 nitrogen and oxygen atoms in total. The third-order valence-corrected chi connectivity index (χ3v) is 9.96. The first-order valence-electron chi connectivity index (χ1n) is 19.0. The topological polar surface area (TPSA) is 221 Å². The molecule has 0 aromatic rings. The van der Waals surface area contributed by atoms with Gasteiger partial charge in [-0.2, -0.15) is 0 Å². The second-order valence-corrected chi connectivity index (χ2v) is 14.8. The van der Waals surface area contributed by atoms with Crippen LogP contribution in [0.25, 0.3) is 0 Å². The largest absolute Gasteiger partial charge is 0.465 e. The molecule has 0 bridgehead atoms. The van der Waals surface area contributed by atoms with Gasteiger partial charge in [0.05, 0.1) is 25.2 Å². The van der Waals surface area contributed by atoms with Crippen LogP contribution in [0, 0.1) is 17.8 Å². The Morgan fingerprint density at radius 2 is 1.53 bits per heavy atom. The predicted octanol–water partition coefficient (Wildman–Crippen LogP) is 2.02. The molecule has 0 aromatic heterocycles. The van der Waals surface area contributed by atoms with Gasteiger partial charge in [-0.25, -0.2) is 4.79 Å². The van der Waals surface area contributed by atoms with E-state index in [1.54, 1.807) is 20.9 Å². The minimum Gasteiger partial charge on any atom is -0.465 e. The van der Waals surface area contributed by atoms with Gasteiger partial charge in [-0.05, 0) is 44.4 Å². The van der Waals surface area contributed by atoms with Crippen LogP contribution in [0.15, 0.2) is 0 Å². The number of nitrogens with two attached hydrogens (primary N) is 1. The fourth-order valence-electron chi connectivity index (χ4n) is 6.88. The van der Waals surface area contributed by atoms with E-state index in [0.29, 0.717) is 25.7 Å². The molecule has 7 atom stereocenters. The molecule has 1 saturated carbocycles. The van der Waals surface area contributed by atoms with Crippen molar-refractivity contribution in [2.75, 3.05) is 26.7 Å². The van der Waals surface area contributed by atoms with Crippen LogP contribution in [0.2, 0.25) is 0 Å². The Morgan fingerprint density at radius 1 is 0.902 bits per heavy atom. The highest BCUT2D eigenvalue weighted by molar-refractivity contribution is 5.96. The molecule has 2 aliphatic rings. The minimum absolute atomic E-state index is 0.0407. The summed E-state index contributed by atoms with van der Waals surface area (Å²) in [5.74, 6) is -3.55. The van der Waals surface area contributed by atoms with Crippen molar-refractivity contribution in [3.8, 4) is 0 Å². The highest BCUT2D eigenvalue weighted by Gasteiger charge is 2.39. The van der Waals surface area contributed by atoms with E-state index in [4.69, 9.17) is 10.5 Å². The van der Waals surface area contributed by atoms with Gasteiger partial charge in [0.1, 0.15) is 24.2 Å². The molecule has 1 saturated heterocycles. The first-order chi connectivity index (χ1) is 24.2. The third kappa shape index (κ3) is 14.6. The number of hydrogen-bond acceptors (Lipinski definition) is 8. The molecule has 1 aliphatic heterocycles.